The maximum absolute atomic E-state index is 12.6. The molecule has 1 saturated heterocycles. The van der Waals surface area contributed by atoms with Gasteiger partial charge >= 0.3 is 0 Å². The first-order valence-electron chi connectivity index (χ1n) is 7.28. The second-order valence-corrected chi connectivity index (χ2v) is 6.05. The lowest BCUT2D eigenvalue weighted by atomic mass is 9.93. The largest absolute Gasteiger partial charge is 0.339 e. The summed E-state index contributed by atoms with van der Waals surface area (Å²) in [5, 5.41) is 0. The molecule has 2 aliphatic rings. The van der Waals surface area contributed by atoms with E-state index >= 15 is 0 Å². The van der Waals surface area contributed by atoms with Gasteiger partial charge in [0.05, 0.1) is 5.92 Å². The van der Waals surface area contributed by atoms with Crippen LogP contribution in [0.1, 0.15) is 37.8 Å². The molecule has 1 amide bonds. The minimum absolute atomic E-state index is 0.137. The minimum Gasteiger partial charge on any atom is -0.339 e. The van der Waals surface area contributed by atoms with Crippen molar-refractivity contribution in [2.24, 2.45) is 17.6 Å². The zero-order valence-electron chi connectivity index (χ0n) is 11.5. The van der Waals surface area contributed by atoms with Crippen molar-refractivity contribution >= 4 is 5.91 Å². The minimum atomic E-state index is -0.201. The summed E-state index contributed by atoms with van der Waals surface area (Å²) in [6, 6.07) is 10.2. The summed E-state index contributed by atoms with van der Waals surface area (Å²) in [6.07, 6.45) is 3.69. The molecule has 1 saturated carbocycles. The van der Waals surface area contributed by atoms with Crippen LogP contribution < -0.4 is 5.73 Å². The van der Waals surface area contributed by atoms with Gasteiger partial charge in [-0.15, -0.1) is 0 Å². The summed E-state index contributed by atoms with van der Waals surface area (Å²) in [5.74, 6) is 0.847. The molecule has 102 valence electrons. The molecule has 3 nitrogen and oxygen atoms in total. The number of piperidine rings is 1. The number of amides is 1. The Labute approximate surface area is 114 Å². The summed E-state index contributed by atoms with van der Waals surface area (Å²) in [5.41, 5.74) is 7.31. The third-order valence-electron chi connectivity index (χ3n) is 4.80. The molecule has 2 N–H and O–H groups in total. The van der Waals surface area contributed by atoms with Gasteiger partial charge in [0.1, 0.15) is 0 Å². The second-order valence-electron chi connectivity index (χ2n) is 6.05. The van der Waals surface area contributed by atoms with E-state index in [1.54, 1.807) is 0 Å². The Balaban J connectivity index is 1.70. The predicted molar refractivity (Wildman–Crippen MR) is 75.4 cm³/mol. The Morgan fingerprint density at radius 1 is 1.32 bits per heavy atom. The van der Waals surface area contributed by atoms with Gasteiger partial charge in [0, 0.05) is 18.6 Å². The number of rotatable bonds is 3. The van der Waals surface area contributed by atoms with E-state index in [9.17, 15) is 4.79 Å². The molecule has 1 aromatic rings. The van der Waals surface area contributed by atoms with Gasteiger partial charge in [-0.05, 0) is 30.7 Å². The standard InChI is InChI=1S/C16H22N2O/c1-11(15(17)13-5-3-2-4-6-13)16(19)18-10-12-7-8-14(18)9-12/h2-6,11-12,14-15H,7-10,17H2,1H3/t11-,12-,14-,15+/m0/s1. The fourth-order valence-electron chi connectivity index (χ4n) is 3.57. The third kappa shape index (κ3) is 2.27. The predicted octanol–water partition coefficient (Wildman–Crippen LogP) is 2.33. The van der Waals surface area contributed by atoms with E-state index in [1.807, 2.05) is 37.3 Å². The van der Waals surface area contributed by atoms with Crippen molar-refractivity contribution in [2.75, 3.05) is 6.54 Å². The van der Waals surface area contributed by atoms with E-state index in [0.717, 1.165) is 18.0 Å². The van der Waals surface area contributed by atoms with Gasteiger partial charge in [-0.1, -0.05) is 37.3 Å². The second kappa shape index (κ2) is 4.97. The molecule has 3 heteroatoms. The van der Waals surface area contributed by atoms with Crippen molar-refractivity contribution in [3.8, 4) is 0 Å². The highest BCUT2D eigenvalue weighted by molar-refractivity contribution is 5.80. The first-order valence-corrected chi connectivity index (χ1v) is 7.28. The maximum Gasteiger partial charge on any atom is 0.227 e. The quantitative estimate of drug-likeness (QED) is 0.904. The number of carbonyl (C=O) groups is 1. The van der Waals surface area contributed by atoms with Crippen LogP contribution in [0.3, 0.4) is 0 Å². The van der Waals surface area contributed by atoms with Crippen molar-refractivity contribution in [3.63, 3.8) is 0 Å². The summed E-state index contributed by atoms with van der Waals surface area (Å²) < 4.78 is 0. The molecule has 0 radical (unpaired) electrons. The molecule has 4 atom stereocenters. The van der Waals surface area contributed by atoms with Crippen LogP contribution in [-0.4, -0.2) is 23.4 Å². The van der Waals surface area contributed by atoms with Crippen molar-refractivity contribution in [3.05, 3.63) is 35.9 Å². The SMILES string of the molecule is C[C@H](C(=O)N1C[C@H]2CC[C@H]1C2)[C@@H](N)c1ccccc1. The van der Waals surface area contributed by atoms with Crippen LogP contribution in [0.25, 0.3) is 0 Å². The zero-order valence-corrected chi connectivity index (χ0v) is 11.5. The van der Waals surface area contributed by atoms with Crippen LogP contribution in [0.4, 0.5) is 0 Å². The number of nitrogens with two attached hydrogens (primary N) is 1. The first-order chi connectivity index (χ1) is 9.16. The average Bonchev–Trinajstić information content (AvgIpc) is 3.08. The smallest absolute Gasteiger partial charge is 0.227 e. The van der Waals surface area contributed by atoms with Crippen LogP contribution in [0.5, 0.6) is 0 Å². The maximum atomic E-state index is 12.6. The van der Waals surface area contributed by atoms with E-state index in [0.29, 0.717) is 6.04 Å². The molecule has 0 aromatic heterocycles. The number of benzene rings is 1. The number of nitrogens with zero attached hydrogens (tertiary/aromatic N) is 1. The lowest BCUT2D eigenvalue weighted by Gasteiger charge is -2.31. The molecule has 2 fully saturated rings. The van der Waals surface area contributed by atoms with Gasteiger partial charge in [0.15, 0.2) is 0 Å². The Morgan fingerprint density at radius 2 is 2.05 bits per heavy atom. The lowest BCUT2D eigenvalue weighted by molar-refractivity contribution is -0.137. The van der Waals surface area contributed by atoms with Crippen LogP contribution >= 0.6 is 0 Å². The van der Waals surface area contributed by atoms with Crippen LogP contribution in [-0.2, 0) is 4.79 Å². The molecule has 1 aromatic carbocycles. The molecular formula is C16H22N2O. The number of hydrogen-bond donors (Lipinski definition) is 1. The van der Waals surface area contributed by atoms with E-state index < -0.39 is 0 Å². The van der Waals surface area contributed by atoms with E-state index in [-0.39, 0.29) is 17.9 Å². The van der Waals surface area contributed by atoms with Gasteiger partial charge < -0.3 is 10.6 Å². The first kappa shape index (κ1) is 12.7. The molecule has 1 aliphatic heterocycles. The van der Waals surface area contributed by atoms with Gasteiger partial charge in [0.25, 0.3) is 0 Å². The zero-order chi connectivity index (χ0) is 13.4. The van der Waals surface area contributed by atoms with Gasteiger partial charge in [0.2, 0.25) is 5.91 Å². The Morgan fingerprint density at radius 3 is 2.63 bits per heavy atom. The van der Waals surface area contributed by atoms with E-state index in [1.165, 1.54) is 19.3 Å². The summed E-state index contributed by atoms with van der Waals surface area (Å²) in [6.45, 7) is 2.92. The number of hydrogen-bond acceptors (Lipinski definition) is 2. The van der Waals surface area contributed by atoms with E-state index in [4.69, 9.17) is 5.73 Å². The molecule has 3 rings (SSSR count). The van der Waals surface area contributed by atoms with Gasteiger partial charge in [-0.3, -0.25) is 4.79 Å². The molecular weight excluding hydrogens is 236 g/mol. The molecule has 0 spiro atoms. The van der Waals surface area contributed by atoms with Gasteiger partial charge in [-0.2, -0.15) is 0 Å². The average molecular weight is 258 g/mol. The summed E-state index contributed by atoms with van der Waals surface area (Å²) in [4.78, 5) is 14.7. The molecule has 1 heterocycles. The van der Waals surface area contributed by atoms with Crippen LogP contribution in [0.2, 0.25) is 0 Å². The molecule has 1 aliphatic carbocycles. The number of carbonyl (C=O) groups excluding carboxylic acids is 1. The summed E-state index contributed by atoms with van der Waals surface area (Å²) in [7, 11) is 0. The highest BCUT2D eigenvalue weighted by Gasteiger charge is 2.42. The Bertz CT molecular complexity index is 459. The fourth-order valence-corrected chi connectivity index (χ4v) is 3.57. The highest BCUT2D eigenvalue weighted by atomic mass is 16.2. The van der Waals surface area contributed by atoms with Gasteiger partial charge in [-0.25, -0.2) is 0 Å². The molecule has 2 bridgehead atoms. The van der Waals surface area contributed by atoms with Crippen molar-refractivity contribution in [1.29, 1.82) is 0 Å². The lowest BCUT2D eigenvalue weighted by Crippen LogP contribution is -2.43. The topological polar surface area (TPSA) is 46.3 Å². The highest BCUT2D eigenvalue weighted by Crippen LogP contribution is 2.38. The Hall–Kier alpha value is -1.35. The molecule has 0 unspecified atom stereocenters. The molecule has 19 heavy (non-hydrogen) atoms. The van der Waals surface area contributed by atoms with E-state index in [2.05, 4.69) is 4.90 Å². The van der Waals surface area contributed by atoms with Crippen molar-refractivity contribution < 1.29 is 4.79 Å². The summed E-state index contributed by atoms with van der Waals surface area (Å²) >= 11 is 0. The van der Waals surface area contributed by atoms with Crippen molar-refractivity contribution in [1.82, 2.24) is 4.90 Å². The van der Waals surface area contributed by atoms with Crippen LogP contribution in [0.15, 0.2) is 30.3 Å². The number of fused-ring (bicyclic) bond motifs is 2. The normalized spacial score (nSPS) is 28.4. The van der Waals surface area contributed by atoms with Crippen LogP contribution in [0, 0.1) is 11.8 Å². The number of likely N-dealkylation sites (tertiary alicyclic amines) is 1. The monoisotopic (exact) mass is 258 g/mol. The fraction of sp³-hybridized carbons (Fsp3) is 0.562. The third-order valence-corrected chi connectivity index (χ3v) is 4.80. The van der Waals surface area contributed by atoms with Crippen molar-refractivity contribution in [2.45, 2.75) is 38.3 Å². The Kier molecular flexibility index (Phi) is 3.31.